The number of aromatic nitrogens is 1. The zero-order chi connectivity index (χ0) is 22.5. The maximum absolute atomic E-state index is 13.4. The van der Waals surface area contributed by atoms with Gasteiger partial charge in [0.25, 0.3) is 5.69 Å². The molecule has 1 atom stereocenters. The molecule has 0 aliphatic carbocycles. The van der Waals surface area contributed by atoms with Crippen LogP contribution in [-0.4, -0.2) is 46.9 Å². The van der Waals surface area contributed by atoms with Gasteiger partial charge in [-0.25, -0.2) is 4.98 Å². The van der Waals surface area contributed by atoms with E-state index in [4.69, 9.17) is 0 Å². The fourth-order valence-corrected chi connectivity index (χ4v) is 4.01. The fourth-order valence-electron chi connectivity index (χ4n) is 4.01. The number of piperazine rings is 1. The van der Waals surface area contributed by atoms with E-state index in [1.165, 1.54) is 6.07 Å². The molecule has 3 aromatic rings. The number of carbonyl (C=O) groups excluding carboxylic acids is 1. The fraction of sp³-hybridized carbons (Fsp3) is 0.250. The maximum Gasteiger partial charge on any atom is 0.293 e. The number of benzene rings is 2. The smallest absolute Gasteiger partial charge is 0.293 e. The normalized spacial score (nSPS) is 15.2. The summed E-state index contributed by atoms with van der Waals surface area (Å²) in [5, 5.41) is 14.3. The third-order valence-electron chi connectivity index (χ3n) is 5.62. The van der Waals surface area contributed by atoms with Crippen molar-refractivity contribution in [1.82, 2.24) is 9.88 Å². The molecular formula is C24H25N5O3. The second-order valence-corrected chi connectivity index (χ2v) is 7.79. The number of pyridine rings is 1. The molecular weight excluding hydrogens is 406 g/mol. The summed E-state index contributed by atoms with van der Waals surface area (Å²) in [7, 11) is 0. The van der Waals surface area contributed by atoms with Gasteiger partial charge in [0.05, 0.1) is 4.92 Å². The quantitative estimate of drug-likeness (QED) is 0.472. The Kier molecular flexibility index (Phi) is 6.42. The molecule has 8 heteroatoms. The number of aryl methyl sites for hydroxylation is 1. The molecule has 1 fully saturated rings. The molecule has 0 spiro atoms. The van der Waals surface area contributed by atoms with Crippen LogP contribution in [0.5, 0.6) is 0 Å². The van der Waals surface area contributed by atoms with Crippen molar-refractivity contribution in [3.8, 4) is 0 Å². The summed E-state index contributed by atoms with van der Waals surface area (Å²) in [5.74, 6) is 0.637. The molecule has 1 aliphatic heterocycles. The van der Waals surface area contributed by atoms with Gasteiger partial charge in [0.2, 0.25) is 5.91 Å². The largest absolute Gasteiger partial charge is 0.354 e. The number of amides is 1. The number of nitro benzene ring substituents is 1. The maximum atomic E-state index is 13.4. The van der Waals surface area contributed by atoms with Gasteiger partial charge in [-0.1, -0.05) is 42.5 Å². The molecule has 1 saturated heterocycles. The highest BCUT2D eigenvalue weighted by Gasteiger charge is 2.32. The molecule has 2 heterocycles. The van der Waals surface area contributed by atoms with Crippen LogP contribution in [0.4, 0.5) is 17.2 Å². The molecule has 0 unspecified atom stereocenters. The average Bonchev–Trinajstić information content (AvgIpc) is 2.82. The van der Waals surface area contributed by atoms with Gasteiger partial charge in [-0.2, -0.15) is 0 Å². The van der Waals surface area contributed by atoms with Crippen LogP contribution in [0.2, 0.25) is 0 Å². The van der Waals surface area contributed by atoms with Crippen molar-refractivity contribution in [3.05, 3.63) is 94.2 Å². The lowest BCUT2D eigenvalue weighted by molar-refractivity contribution is -0.384. The Balaban J connectivity index is 1.56. The first-order valence-corrected chi connectivity index (χ1v) is 10.5. The van der Waals surface area contributed by atoms with E-state index in [1.54, 1.807) is 25.3 Å². The third-order valence-corrected chi connectivity index (χ3v) is 5.62. The second kappa shape index (κ2) is 9.57. The highest BCUT2D eigenvalue weighted by molar-refractivity contribution is 5.97. The summed E-state index contributed by atoms with van der Waals surface area (Å²) in [6.45, 7) is 4.59. The van der Waals surface area contributed by atoms with E-state index in [-0.39, 0.29) is 17.3 Å². The van der Waals surface area contributed by atoms with Crippen LogP contribution >= 0.6 is 0 Å². The molecule has 164 valence electrons. The molecule has 32 heavy (non-hydrogen) atoms. The minimum Gasteiger partial charge on any atom is -0.354 e. The summed E-state index contributed by atoms with van der Waals surface area (Å²) in [6, 6.07) is 19.6. The van der Waals surface area contributed by atoms with Crippen molar-refractivity contribution >= 4 is 23.1 Å². The first-order valence-electron chi connectivity index (χ1n) is 10.5. The summed E-state index contributed by atoms with van der Waals surface area (Å²) in [4.78, 5) is 33.2. The van der Waals surface area contributed by atoms with Crippen LogP contribution in [-0.2, 0) is 4.79 Å². The van der Waals surface area contributed by atoms with Gasteiger partial charge in [0.1, 0.15) is 17.5 Å². The Morgan fingerprint density at radius 3 is 2.41 bits per heavy atom. The number of rotatable bonds is 6. The van der Waals surface area contributed by atoms with Crippen LogP contribution in [0.3, 0.4) is 0 Å². The molecule has 1 N–H and O–H groups in total. The molecule has 0 bridgehead atoms. The zero-order valence-corrected chi connectivity index (χ0v) is 17.8. The highest BCUT2D eigenvalue weighted by Crippen LogP contribution is 2.29. The monoisotopic (exact) mass is 431 g/mol. The first-order chi connectivity index (χ1) is 15.5. The number of hydrogen-bond donors (Lipinski definition) is 1. The van der Waals surface area contributed by atoms with Gasteiger partial charge in [-0.05, 0) is 36.2 Å². The Hall–Kier alpha value is -3.78. The van der Waals surface area contributed by atoms with Gasteiger partial charge in [0, 0.05) is 38.4 Å². The zero-order valence-electron chi connectivity index (χ0n) is 17.8. The Morgan fingerprint density at radius 2 is 1.75 bits per heavy atom. The topological polar surface area (TPSA) is 91.6 Å². The van der Waals surface area contributed by atoms with Gasteiger partial charge in [0.15, 0.2) is 0 Å². The minimum atomic E-state index is -0.553. The number of nitrogens with one attached hydrogen (secondary N) is 1. The predicted molar refractivity (Wildman–Crippen MR) is 124 cm³/mol. The van der Waals surface area contributed by atoms with Crippen molar-refractivity contribution in [2.24, 2.45) is 0 Å². The van der Waals surface area contributed by atoms with Crippen molar-refractivity contribution in [1.29, 1.82) is 0 Å². The Morgan fingerprint density at radius 1 is 1.03 bits per heavy atom. The Labute approximate surface area is 186 Å². The molecule has 1 aromatic heterocycles. The van der Waals surface area contributed by atoms with Crippen molar-refractivity contribution in [2.45, 2.75) is 13.0 Å². The summed E-state index contributed by atoms with van der Waals surface area (Å²) < 4.78 is 0. The molecule has 4 rings (SSSR count). The average molecular weight is 431 g/mol. The number of hydrogen-bond acceptors (Lipinski definition) is 6. The predicted octanol–water partition coefficient (Wildman–Crippen LogP) is 3.80. The molecule has 8 nitrogen and oxygen atoms in total. The number of carbonyl (C=O) groups is 1. The van der Waals surface area contributed by atoms with Crippen LogP contribution in [0.15, 0.2) is 72.9 Å². The highest BCUT2D eigenvalue weighted by atomic mass is 16.6. The molecule has 0 saturated carbocycles. The second-order valence-electron chi connectivity index (χ2n) is 7.79. The third kappa shape index (κ3) is 4.76. The molecule has 0 radical (unpaired) electrons. The summed E-state index contributed by atoms with van der Waals surface area (Å²) >= 11 is 0. The minimum absolute atomic E-state index is 0.106. The van der Waals surface area contributed by atoms with Crippen LogP contribution in [0.1, 0.15) is 17.2 Å². The van der Waals surface area contributed by atoms with E-state index in [0.29, 0.717) is 13.1 Å². The number of anilines is 2. The molecule has 2 aromatic carbocycles. The lowest BCUT2D eigenvalue weighted by Gasteiger charge is -2.39. The van der Waals surface area contributed by atoms with Gasteiger partial charge in [-0.3, -0.25) is 19.8 Å². The van der Waals surface area contributed by atoms with Crippen molar-refractivity contribution in [3.63, 3.8) is 0 Å². The van der Waals surface area contributed by atoms with E-state index in [0.717, 1.165) is 30.0 Å². The van der Waals surface area contributed by atoms with Crippen LogP contribution < -0.4 is 10.2 Å². The van der Waals surface area contributed by atoms with E-state index < -0.39 is 11.0 Å². The van der Waals surface area contributed by atoms with Gasteiger partial charge < -0.3 is 10.2 Å². The van der Waals surface area contributed by atoms with Crippen LogP contribution in [0, 0.1) is 17.0 Å². The molecule has 1 amide bonds. The lowest BCUT2D eigenvalue weighted by Crippen LogP contribution is -2.50. The summed E-state index contributed by atoms with van der Waals surface area (Å²) in [5.41, 5.74) is 1.72. The lowest BCUT2D eigenvalue weighted by atomic mass is 10.0. The summed E-state index contributed by atoms with van der Waals surface area (Å²) in [6.07, 6.45) is 1.77. The van der Waals surface area contributed by atoms with Crippen molar-refractivity contribution < 1.29 is 9.72 Å². The van der Waals surface area contributed by atoms with E-state index >= 15 is 0 Å². The van der Waals surface area contributed by atoms with Gasteiger partial charge >= 0.3 is 0 Å². The SMILES string of the molecule is Cc1ccc(NC(=O)[C@@H](c2ccccc2)N2CCN(c3ccccn3)CC2)c([N+](=O)[O-])c1. The van der Waals surface area contributed by atoms with Crippen molar-refractivity contribution in [2.75, 3.05) is 36.4 Å². The number of nitro groups is 1. The van der Waals surface area contributed by atoms with Crippen LogP contribution in [0.25, 0.3) is 0 Å². The van der Waals surface area contributed by atoms with Gasteiger partial charge in [-0.15, -0.1) is 0 Å². The standard InChI is InChI=1S/C24H25N5O3/c1-18-10-11-20(21(17-18)29(31)32)26-24(30)23(19-7-3-2-4-8-19)28-15-13-27(14-16-28)22-9-5-6-12-25-22/h2-12,17,23H,13-16H2,1H3,(H,26,30)/t23-/m1/s1. The Bertz CT molecular complexity index is 1080. The van der Waals surface area contributed by atoms with E-state index in [9.17, 15) is 14.9 Å². The van der Waals surface area contributed by atoms with E-state index in [1.807, 2.05) is 48.5 Å². The first kappa shape index (κ1) is 21.5. The molecule has 1 aliphatic rings. The number of nitrogens with zero attached hydrogens (tertiary/aromatic N) is 4. The van der Waals surface area contributed by atoms with E-state index in [2.05, 4.69) is 20.1 Å².